The minimum absolute atomic E-state index is 0.0409. The predicted molar refractivity (Wildman–Crippen MR) is 163 cm³/mol. The minimum Gasteiger partial charge on any atom is -0.478 e. The number of allylic oxidation sites excluding steroid dienone is 1. The average molecular weight is 627 g/mol. The molecular formula is C30H28Cl2N4O7. The Morgan fingerprint density at radius 1 is 1.07 bits per heavy atom. The molecule has 5 rings (SSSR count). The van der Waals surface area contributed by atoms with Crippen LogP contribution in [0.1, 0.15) is 31.8 Å². The van der Waals surface area contributed by atoms with Crippen molar-refractivity contribution in [3.63, 3.8) is 0 Å². The van der Waals surface area contributed by atoms with Gasteiger partial charge in [0, 0.05) is 43.7 Å². The molecule has 0 atom stereocenters. The van der Waals surface area contributed by atoms with Gasteiger partial charge in [0.05, 0.1) is 45.6 Å². The number of amides is 1. The zero-order chi connectivity index (χ0) is 30.9. The molecule has 13 heteroatoms. The number of carbonyl (C=O) groups is 2. The first-order valence-electron chi connectivity index (χ1n) is 13.1. The smallest absolute Gasteiger partial charge is 0.337 e. The molecule has 1 saturated heterocycles. The number of fused-ring (bicyclic) bond motifs is 1. The number of ether oxygens (including phenoxy) is 2. The molecule has 3 aromatic carbocycles. The van der Waals surface area contributed by atoms with E-state index in [9.17, 15) is 24.9 Å². The molecule has 0 bridgehead atoms. The Morgan fingerprint density at radius 3 is 2.40 bits per heavy atom. The van der Waals surface area contributed by atoms with Gasteiger partial charge in [-0.05, 0) is 41.5 Å². The highest BCUT2D eigenvalue weighted by atomic mass is 35.5. The summed E-state index contributed by atoms with van der Waals surface area (Å²) in [6, 6.07) is 12.5. The summed E-state index contributed by atoms with van der Waals surface area (Å²) in [5.41, 5.74) is 8.13. The molecule has 224 valence electrons. The highest BCUT2D eigenvalue weighted by molar-refractivity contribution is 6.40. The standard InChI is InChI=1S/C30H28Cl2N4O7/c1-34-15-19(14-33)18-11-23(31)26(24(32)12-18)28(37)36-16-43-27-20(3-2-4-22(27)30(36,40)41)17-5-6-21(29(38)39)25(13-17)35-7-9-42-10-8-35/h2-6,11-15,40-41H,7-10,16,33H2,1H3,(H,38,39). The molecule has 11 nitrogen and oxygen atoms in total. The van der Waals surface area contributed by atoms with Crippen LogP contribution in [0.15, 0.2) is 59.7 Å². The summed E-state index contributed by atoms with van der Waals surface area (Å²) < 4.78 is 11.4. The number of aliphatic imine (C=N–C) groups is 1. The van der Waals surface area contributed by atoms with Gasteiger partial charge in [-0.25, -0.2) is 9.69 Å². The summed E-state index contributed by atoms with van der Waals surface area (Å²) in [6.07, 6.45) is 2.82. The Morgan fingerprint density at radius 2 is 1.77 bits per heavy atom. The van der Waals surface area contributed by atoms with E-state index in [2.05, 4.69) is 4.99 Å². The maximum absolute atomic E-state index is 13.6. The summed E-state index contributed by atoms with van der Waals surface area (Å²) in [4.78, 5) is 32.2. The van der Waals surface area contributed by atoms with Gasteiger partial charge in [0.25, 0.3) is 11.8 Å². The number of halogens is 2. The van der Waals surface area contributed by atoms with Gasteiger partial charge >= 0.3 is 5.97 Å². The average Bonchev–Trinajstić information content (AvgIpc) is 2.99. The van der Waals surface area contributed by atoms with Crippen LogP contribution in [0.4, 0.5) is 5.69 Å². The lowest BCUT2D eigenvalue weighted by Gasteiger charge is -2.40. The Hall–Kier alpha value is -4.13. The van der Waals surface area contributed by atoms with Crippen LogP contribution in [0.2, 0.25) is 10.0 Å². The number of nitrogens with zero attached hydrogens (tertiary/aromatic N) is 3. The monoisotopic (exact) mass is 626 g/mol. The van der Waals surface area contributed by atoms with E-state index in [1.165, 1.54) is 36.7 Å². The van der Waals surface area contributed by atoms with Crippen molar-refractivity contribution in [2.45, 2.75) is 5.91 Å². The van der Waals surface area contributed by atoms with Gasteiger partial charge in [-0.1, -0.05) is 41.4 Å². The molecule has 0 unspecified atom stereocenters. The zero-order valence-corrected chi connectivity index (χ0v) is 24.5. The molecule has 2 heterocycles. The third-order valence-electron chi connectivity index (χ3n) is 7.26. The molecule has 1 fully saturated rings. The van der Waals surface area contributed by atoms with Gasteiger partial charge in [-0.3, -0.25) is 9.79 Å². The number of carbonyl (C=O) groups excluding carboxylic acids is 1. The zero-order valence-electron chi connectivity index (χ0n) is 23.0. The van der Waals surface area contributed by atoms with Crippen molar-refractivity contribution in [2.75, 3.05) is 45.0 Å². The lowest BCUT2D eigenvalue weighted by Crippen LogP contribution is -2.54. The van der Waals surface area contributed by atoms with Crippen LogP contribution in [-0.4, -0.2) is 78.4 Å². The summed E-state index contributed by atoms with van der Waals surface area (Å²) in [5.74, 6) is -4.64. The second kappa shape index (κ2) is 12.2. The topological polar surface area (TPSA) is 158 Å². The number of morpholine rings is 1. The second-order valence-corrected chi connectivity index (χ2v) is 10.6. The molecule has 43 heavy (non-hydrogen) atoms. The van der Waals surface area contributed by atoms with E-state index >= 15 is 0 Å². The normalized spacial score (nSPS) is 16.6. The van der Waals surface area contributed by atoms with Crippen LogP contribution in [0.5, 0.6) is 5.75 Å². The molecule has 5 N–H and O–H groups in total. The molecule has 1 amide bonds. The van der Waals surface area contributed by atoms with Crippen molar-refractivity contribution in [1.82, 2.24) is 4.90 Å². The van der Waals surface area contributed by atoms with Gasteiger partial charge in [0.2, 0.25) is 0 Å². The number of hydrogen-bond acceptors (Lipinski definition) is 9. The van der Waals surface area contributed by atoms with Gasteiger partial charge in [-0.2, -0.15) is 0 Å². The van der Waals surface area contributed by atoms with Gasteiger partial charge in [0.1, 0.15) is 5.75 Å². The number of benzene rings is 3. The van der Waals surface area contributed by atoms with Gasteiger partial charge in [-0.15, -0.1) is 0 Å². The van der Waals surface area contributed by atoms with E-state index < -0.39 is 24.5 Å². The van der Waals surface area contributed by atoms with Crippen LogP contribution in [-0.2, 0) is 10.6 Å². The number of para-hydroxylation sites is 1. The Bertz CT molecular complexity index is 1630. The Kier molecular flexibility index (Phi) is 8.63. The lowest BCUT2D eigenvalue weighted by atomic mass is 9.96. The minimum atomic E-state index is -2.81. The van der Waals surface area contributed by atoms with Crippen LogP contribution in [0.25, 0.3) is 16.7 Å². The van der Waals surface area contributed by atoms with E-state index in [1.807, 2.05) is 4.90 Å². The Labute approximate surface area is 257 Å². The third kappa shape index (κ3) is 5.65. The van der Waals surface area contributed by atoms with Crippen LogP contribution < -0.4 is 15.4 Å². The van der Waals surface area contributed by atoms with E-state index in [0.29, 0.717) is 59.2 Å². The van der Waals surface area contributed by atoms with Crippen molar-refractivity contribution < 1.29 is 34.4 Å². The first kappa shape index (κ1) is 30.3. The summed E-state index contributed by atoms with van der Waals surface area (Å²) >= 11 is 12.9. The van der Waals surface area contributed by atoms with E-state index in [4.69, 9.17) is 38.4 Å². The number of aromatic carboxylic acids is 1. The summed E-state index contributed by atoms with van der Waals surface area (Å²) in [7, 11) is 1.57. The summed E-state index contributed by atoms with van der Waals surface area (Å²) in [5, 5.41) is 32.4. The molecule has 0 saturated carbocycles. The predicted octanol–water partition coefficient (Wildman–Crippen LogP) is 3.78. The molecule has 2 aliphatic rings. The maximum atomic E-state index is 13.6. The van der Waals surface area contributed by atoms with Crippen molar-refractivity contribution >= 4 is 52.6 Å². The van der Waals surface area contributed by atoms with Gasteiger partial charge in [0.15, 0.2) is 6.73 Å². The van der Waals surface area contributed by atoms with Crippen molar-refractivity contribution in [2.24, 2.45) is 10.7 Å². The van der Waals surface area contributed by atoms with E-state index in [-0.39, 0.29) is 32.5 Å². The number of aliphatic hydroxyl groups is 2. The fraction of sp³-hybridized carbons (Fsp3) is 0.233. The molecule has 0 radical (unpaired) electrons. The molecule has 2 aliphatic heterocycles. The summed E-state index contributed by atoms with van der Waals surface area (Å²) in [6.45, 7) is 1.40. The largest absolute Gasteiger partial charge is 0.478 e. The number of nitrogens with two attached hydrogens (primary N) is 1. The van der Waals surface area contributed by atoms with Crippen molar-refractivity contribution in [3.05, 3.63) is 87.0 Å². The van der Waals surface area contributed by atoms with Crippen LogP contribution >= 0.6 is 23.2 Å². The molecule has 0 aliphatic carbocycles. The number of rotatable bonds is 6. The highest BCUT2D eigenvalue weighted by Crippen LogP contribution is 2.44. The molecule has 0 spiro atoms. The molecule has 0 aromatic heterocycles. The van der Waals surface area contributed by atoms with Crippen LogP contribution in [0, 0.1) is 0 Å². The van der Waals surface area contributed by atoms with Crippen molar-refractivity contribution in [3.8, 4) is 16.9 Å². The van der Waals surface area contributed by atoms with E-state index in [1.54, 1.807) is 31.3 Å². The molecular weight excluding hydrogens is 599 g/mol. The first-order valence-corrected chi connectivity index (χ1v) is 13.9. The third-order valence-corrected chi connectivity index (χ3v) is 7.86. The maximum Gasteiger partial charge on any atom is 0.337 e. The Balaban J connectivity index is 1.52. The second-order valence-electron chi connectivity index (χ2n) is 9.78. The highest BCUT2D eigenvalue weighted by Gasteiger charge is 2.46. The number of hydrogen-bond donors (Lipinski definition) is 4. The fourth-order valence-corrected chi connectivity index (χ4v) is 5.78. The number of carboxylic acid groups (broad SMARTS) is 1. The molecule has 3 aromatic rings. The number of anilines is 1. The lowest BCUT2D eigenvalue weighted by molar-refractivity contribution is -0.276. The quantitative estimate of drug-likeness (QED) is 0.236. The van der Waals surface area contributed by atoms with Gasteiger partial charge < -0.3 is 35.4 Å². The SMILES string of the molecule is CN=CC(=CN)c1cc(Cl)c(C(=O)N2COc3c(-c4ccc(C(=O)O)c(N5CCOCC5)c4)cccc3C2(O)O)c(Cl)c1. The first-order chi connectivity index (χ1) is 20.6. The fourth-order valence-electron chi connectivity index (χ4n) is 5.13. The van der Waals surface area contributed by atoms with Crippen LogP contribution in [0.3, 0.4) is 0 Å². The van der Waals surface area contributed by atoms with Crippen molar-refractivity contribution in [1.29, 1.82) is 0 Å². The number of carboxylic acids is 1. The van der Waals surface area contributed by atoms with E-state index in [0.717, 1.165) is 0 Å².